The van der Waals surface area contributed by atoms with Crippen molar-refractivity contribution in [2.45, 2.75) is 71.6 Å². The lowest BCUT2D eigenvalue weighted by molar-refractivity contribution is -0.120. The Morgan fingerprint density at radius 1 is 1.00 bits per heavy atom. The van der Waals surface area contributed by atoms with E-state index in [-0.39, 0.29) is 0 Å². The van der Waals surface area contributed by atoms with Crippen molar-refractivity contribution in [1.82, 2.24) is 0 Å². The molecular weight excluding hydrogens is 284 g/mol. The summed E-state index contributed by atoms with van der Waals surface area (Å²) >= 11 is 0. The number of benzene rings is 1. The van der Waals surface area contributed by atoms with Gasteiger partial charge in [0.15, 0.2) is 0 Å². The van der Waals surface area contributed by atoms with Crippen molar-refractivity contribution in [1.29, 1.82) is 0 Å². The van der Waals surface area contributed by atoms with Gasteiger partial charge in [0.2, 0.25) is 0 Å². The molecule has 2 heteroatoms. The van der Waals surface area contributed by atoms with Crippen LogP contribution in [0.15, 0.2) is 24.3 Å². The van der Waals surface area contributed by atoms with Gasteiger partial charge in [0.1, 0.15) is 5.75 Å². The molecule has 2 rings (SSSR count). The second-order valence-corrected chi connectivity index (χ2v) is 7.24. The van der Waals surface area contributed by atoms with Crippen LogP contribution in [0.3, 0.4) is 0 Å². The van der Waals surface area contributed by atoms with Crippen LogP contribution in [0.1, 0.15) is 70.3 Å². The third kappa shape index (κ3) is 6.55. The Kier molecular flexibility index (Phi) is 7.94. The van der Waals surface area contributed by atoms with Crippen LogP contribution in [0, 0.1) is 12.3 Å². The first-order chi connectivity index (χ1) is 11.2. The van der Waals surface area contributed by atoms with Crippen molar-refractivity contribution in [3.63, 3.8) is 0 Å². The number of rotatable bonds is 12. The highest BCUT2D eigenvalue weighted by Crippen LogP contribution is 2.36. The summed E-state index contributed by atoms with van der Waals surface area (Å²) < 4.78 is 11.2. The van der Waals surface area contributed by atoms with Crippen molar-refractivity contribution in [2.75, 3.05) is 19.8 Å². The van der Waals surface area contributed by atoms with Crippen LogP contribution in [-0.2, 0) is 4.74 Å². The smallest absolute Gasteiger partial charge is 0.119 e. The quantitative estimate of drug-likeness (QED) is 0.445. The number of aryl methyl sites for hydroxylation is 1. The Hall–Kier alpha value is -1.02. The molecule has 0 spiro atoms. The molecule has 0 saturated carbocycles. The van der Waals surface area contributed by atoms with Crippen LogP contribution in [0.4, 0.5) is 0 Å². The monoisotopic (exact) mass is 318 g/mol. The van der Waals surface area contributed by atoms with E-state index in [0.29, 0.717) is 5.41 Å². The molecule has 0 aromatic heterocycles. The van der Waals surface area contributed by atoms with Gasteiger partial charge in [-0.2, -0.15) is 0 Å². The van der Waals surface area contributed by atoms with Gasteiger partial charge in [-0.1, -0.05) is 57.6 Å². The zero-order valence-corrected chi connectivity index (χ0v) is 15.1. The molecule has 1 aromatic carbocycles. The molecule has 0 N–H and O–H groups in total. The lowest BCUT2D eigenvalue weighted by atomic mass is 9.78. The van der Waals surface area contributed by atoms with E-state index in [0.717, 1.165) is 25.6 Å². The molecule has 1 heterocycles. The zero-order valence-electron chi connectivity index (χ0n) is 15.1. The molecule has 0 aliphatic carbocycles. The summed E-state index contributed by atoms with van der Waals surface area (Å²) in [4.78, 5) is 0. The fourth-order valence-electron chi connectivity index (χ4n) is 3.30. The van der Waals surface area contributed by atoms with Crippen molar-refractivity contribution in [3.05, 3.63) is 29.8 Å². The summed E-state index contributed by atoms with van der Waals surface area (Å²) in [6, 6.07) is 8.32. The van der Waals surface area contributed by atoms with Gasteiger partial charge in [-0.3, -0.25) is 0 Å². The maximum Gasteiger partial charge on any atom is 0.119 e. The van der Waals surface area contributed by atoms with Gasteiger partial charge in [0.25, 0.3) is 0 Å². The summed E-state index contributed by atoms with van der Waals surface area (Å²) in [5.74, 6) is 1.01. The minimum atomic E-state index is 0.549. The average molecular weight is 319 g/mol. The van der Waals surface area contributed by atoms with E-state index in [4.69, 9.17) is 9.47 Å². The third-order valence-corrected chi connectivity index (χ3v) is 5.18. The van der Waals surface area contributed by atoms with Crippen LogP contribution in [0.5, 0.6) is 5.75 Å². The van der Waals surface area contributed by atoms with Gasteiger partial charge >= 0.3 is 0 Å². The van der Waals surface area contributed by atoms with Crippen molar-refractivity contribution in [3.8, 4) is 5.75 Å². The summed E-state index contributed by atoms with van der Waals surface area (Å²) in [6.45, 7) is 7.27. The van der Waals surface area contributed by atoms with E-state index < -0.39 is 0 Å². The van der Waals surface area contributed by atoms with E-state index in [2.05, 4.69) is 32.0 Å². The molecule has 2 nitrogen and oxygen atoms in total. The standard InChI is InChI=1S/C21H34O2/c1-3-21(17-22-18-21)14-9-7-5-4-6-8-10-15-23-20-13-11-12-19(2)16-20/h11-13,16H,3-10,14-15,17-18H2,1-2H3. The van der Waals surface area contributed by atoms with Crippen LogP contribution in [0.2, 0.25) is 0 Å². The van der Waals surface area contributed by atoms with E-state index in [1.807, 2.05) is 6.07 Å². The largest absolute Gasteiger partial charge is 0.494 e. The topological polar surface area (TPSA) is 18.5 Å². The van der Waals surface area contributed by atoms with E-state index in [1.54, 1.807) is 0 Å². The summed E-state index contributed by atoms with van der Waals surface area (Å²) in [5, 5.41) is 0. The first-order valence-electron chi connectivity index (χ1n) is 9.51. The highest BCUT2D eigenvalue weighted by molar-refractivity contribution is 5.27. The Bertz CT molecular complexity index is 432. The molecule has 1 fully saturated rings. The van der Waals surface area contributed by atoms with Gasteiger partial charge in [-0.05, 0) is 43.9 Å². The second kappa shape index (κ2) is 9.97. The predicted octanol–water partition coefficient (Wildman–Crippen LogP) is 5.92. The van der Waals surface area contributed by atoms with Crippen molar-refractivity contribution in [2.24, 2.45) is 5.41 Å². The van der Waals surface area contributed by atoms with E-state index in [1.165, 1.54) is 63.4 Å². The Morgan fingerprint density at radius 3 is 2.30 bits per heavy atom. The van der Waals surface area contributed by atoms with Crippen LogP contribution in [-0.4, -0.2) is 19.8 Å². The Balaban J connectivity index is 1.38. The maximum absolute atomic E-state index is 5.79. The van der Waals surface area contributed by atoms with E-state index in [9.17, 15) is 0 Å². The lowest BCUT2D eigenvalue weighted by Crippen LogP contribution is -2.41. The van der Waals surface area contributed by atoms with Gasteiger partial charge < -0.3 is 9.47 Å². The average Bonchev–Trinajstić information content (AvgIpc) is 2.51. The van der Waals surface area contributed by atoms with E-state index >= 15 is 0 Å². The number of hydrogen-bond acceptors (Lipinski definition) is 2. The fourth-order valence-corrected chi connectivity index (χ4v) is 3.30. The first-order valence-corrected chi connectivity index (χ1v) is 9.51. The summed E-state index contributed by atoms with van der Waals surface area (Å²) in [6.07, 6.45) is 12.0. The van der Waals surface area contributed by atoms with Gasteiger partial charge in [-0.15, -0.1) is 0 Å². The number of unbranched alkanes of at least 4 members (excludes halogenated alkanes) is 6. The molecule has 130 valence electrons. The first kappa shape index (κ1) is 18.3. The molecule has 0 unspecified atom stereocenters. The molecule has 0 bridgehead atoms. The minimum absolute atomic E-state index is 0.549. The van der Waals surface area contributed by atoms with Crippen LogP contribution < -0.4 is 4.74 Å². The second-order valence-electron chi connectivity index (χ2n) is 7.24. The number of ether oxygens (including phenoxy) is 2. The molecular formula is C21H34O2. The number of hydrogen-bond donors (Lipinski definition) is 0. The summed E-state index contributed by atoms with van der Waals surface area (Å²) in [5.41, 5.74) is 1.81. The molecule has 1 aliphatic rings. The van der Waals surface area contributed by atoms with Gasteiger partial charge in [-0.25, -0.2) is 0 Å². The fraction of sp³-hybridized carbons (Fsp3) is 0.714. The van der Waals surface area contributed by atoms with Gasteiger partial charge in [0.05, 0.1) is 19.8 Å². The predicted molar refractivity (Wildman–Crippen MR) is 97.2 cm³/mol. The highest BCUT2D eigenvalue weighted by atomic mass is 16.5. The highest BCUT2D eigenvalue weighted by Gasteiger charge is 2.35. The Morgan fingerprint density at radius 2 is 1.70 bits per heavy atom. The molecule has 0 atom stereocenters. The maximum atomic E-state index is 5.79. The minimum Gasteiger partial charge on any atom is -0.494 e. The normalized spacial score (nSPS) is 16.1. The van der Waals surface area contributed by atoms with Crippen molar-refractivity contribution >= 4 is 0 Å². The molecule has 1 saturated heterocycles. The molecule has 0 radical (unpaired) electrons. The van der Waals surface area contributed by atoms with Crippen LogP contribution >= 0.6 is 0 Å². The molecule has 0 amide bonds. The van der Waals surface area contributed by atoms with Gasteiger partial charge in [0, 0.05) is 5.41 Å². The summed E-state index contributed by atoms with van der Waals surface area (Å²) in [7, 11) is 0. The third-order valence-electron chi connectivity index (χ3n) is 5.18. The Labute approximate surface area is 142 Å². The molecule has 23 heavy (non-hydrogen) atoms. The lowest BCUT2D eigenvalue weighted by Gasteiger charge is -2.41. The molecule has 1 aromatic rings. The van der Waals surface area contributed by atoms with Crippen molar-refractivity contribution < 1.29 is 9.47 Å². The zero-order chi connectivity index (χ0) is 16.4. The molecule has 1 aliphatic heterocycles. The van der Waals surface area contributed by atoms with Crippen LogP contribution in [0.25, 0.3) is 0 Å². The SMILES string of the molecule is CCC1(CCCCCCCCCOc2cccc(C)c2)COC1.